The Morgan fingerprint density at radius 2 is 2.50 bits per heavy atom. The van der Waals surface area contributed by atoms with Crippen LogP contribution in [0.3, 0.4) is 0 Å². The number of aromatic nitrogens is 2. The first-order valence-electron chi connectivity index (χ1n) is 4.23. The summed E-state index contributed by atoms with van der Waals surface area (Å²) in [5.74, 6) is 0.825. The first-order chi connectivity index (χ1) is 5.86. The molecule has 0 atom stereocenters. The van der Waals surface area contributed by atoms with Gasteiger partial charge in [-0.1, -0.05) is 13.3 Å². The molecule has 0 amide bonds. The summed E-state index contributed by atoms with van der Waals surface area (Å²) in [4.78, 5) is 6.78. The second-order valence-corrected chi connectivity index (χ2v) is 2.54. The van der Waals surface area contributed by atoms with Gasteiger partial charge in [0.25, 0.3) is 0 Å². The molecule has 1 heterocycles. The normalized spacial score (nSPS) is 9.83. The molecule has 1 rings (SSSR count). The van der Waals surface area contributed by atoms with E-state index in [2.05, 4.69) is 17.3 Å². The van der Waals surface area contributed by atoms with Crippen LogP contribution in [0.4, 0.5) is 5.82 Å². The first kappa shape index (κ1) is 8.90. The Hall–Kier alpha value is -1.19. The molecule has 12 heavy (non-hydrogen) atoms. The monoisotopic (exact) mass is 169 g/mol. The Kier molecular flexibility index (Phi) is 3.44. The van der Waals surface area contributed by atoms with Gasteiger partial charge in [0.05, 0.1) is 6.20 Å². The number of hydrogen-bond donors (Lipinski definition) is 1. The van der Waals surface area contributed by atoms with Crippen LogP contribution < -0.4 is 10.2 Å². The minimum Gasteiger partial charge on any atom is -0.397 e. The van der Waals surface area contributed by atoms with Crippen LogP contribution in [0.15, 0.2) is 12.3 Å². The van der Waals surface area contributed by atoms with Gasteiger partial charge < -0.3 is 10.2 Å². The van der Waals surface area contributed by atoms with Crippen molar-refractivity contribution in [3.05, 3.63) is 12.3 Å². The van der Waals surface area contributed by atoms with E-state index in [0.29, 0.717) is 0 Å². The zero-order valence-corrected chi connectivity index (χ0v) is 7.58. The fourth-order valence-corrected chi connectivity index (χ4v) is 0.815. The lowest BCUT2D eigenvalue weighted by molar-refractivity contribution is 0.0809. The summed E-state index contributed by atoms with van der Waals surface area (Å²) in [7, 11) is 1.83. The van der Waals surface area contributed by atoms with E-state index < -0.39 is 0 Å². The third-order valence-corrected chi connectivity index (χ3v) is 1.54. The highest BCUT2D eigenvalue weighted by Gasteiger charge is 1.94. The van der Waals surface area contributed by atoms with Crippen LogP contribution in [0.2, 0.25) is 0 Å². The van der Waals surface area contributed by atoms with Crippen molar-refractivity contribution in [3.63, 3.8) is 0 Å². The van der Waals surface area contributed by atoms with Gasteiger partial charge in [0.2, 0.25) is 0 Å². The van der Waals surface area contributed by atoms with Gasteiger partial charge >= 0.3 is 0 Å². The van der Waals surface area contributed by atoms with Crippen LogP contribution >= 0.6 is 0 Å². The van der Waals surface area contributed by atoms with Gasteiger partial charge in [-0.05, 0) is 6.42 Å². The average Bonchev–Trinajstić information content (AvgIpc) is 2.53. The van der Waals surface area contributed by atoms with Crippen molar-refractivity contribution < 1.29 is 4.84 Å². The van der Waals surface area contributed by atoms with Crippen LogP contribution in [-0.2, 0) is 0 Å². The molecule has 0 aliphatic carbocycles. The minimum atomic E-state index is 0.724. The van der Waals surface area contributed by atoms with Gasteiger partial charge in [-0.15, -0.1) is 9.94 Å². The van der Waals surface area contributed by atoms with E-state index in [1.165, 1.54) is 4.85 Å². The van der Waals surface area contributed by atoms with Crippen LogP contribution in [0.1, 0.15) is 19.8 Å². The smallest absolute Gasteiger partial charge is 0.151 e. The molecule has 0 saturated heterocycles. The predicted molar refractivity (Wildman–Crippen MR) is 48.1 cm³/mol. The molecule has 68 valence electrons. The number of hydrogen-bond acceptors (Lipinski definition) is 3. The molecule has 0 aromatic carbocycles. The molecule has 0 spiro atoms. The standard InChI is InChI=1S/C8H15N3O/c1-3-4-7-12-11-6-5-8(9-2)10-11/h5-6H,3-4,7H2,1-2H3,(H,9,10). The number of anilines is 1. The predicted octanol–water partition coefficient (Wildman–Crippen LogP) is 1.15. The van der Waals surface area contributed by atoms with Gasteiger partial charge in [-0.3, -0.25) is 0 Å². The molecule has 0 saturated carbocycles. The van der Waals surface area contributed by atoms with Crippen LogP contribution in [0.5, 0.6) is 0 Å². The highest BCUT2D eigenvalue weighted by atomic mass is 16.7. The zero-order valence-electron chi connectivity index (χ0n) is 7.58. The average molecular weight is 169 g/mol. The fourth-order valence-electron chi connectivity index (χ4n) is 0.815. The third-order valence-electron chi connectivity index (χ3n) is 1.54. The molecule has 0 bridgehead atoms. The topological polar surface area (TPSA) is 39.1 Å². The van der Waals surface area contributed by atoms with Gasteiger partial charge in [0, 0.05) is 13.1 Å². The number of nitrogens with one attached hydrogen (secondary N) is 1. The third kappa shape index (κ3) is 2.45. The zero-order chi connectivity index (χ0) is 8.81. The van der Waals surface area contributed by atoms with Crippen molar-refractivity contribution >= 4 is 5.82 Å². The first-order valence-corrected chi connectivity index (χ1v) is 4.23. The maximum absolute atomic E-state index is 5.29. The van der Waals surface area contributed by atoms with Crippen molar-refractivity contribution in [1.29, 1.82) is 0 Å². The van der Waals surface area contributed by atoms with E-state index >= 15 is 0 Å². The molecule has 1 aromatic rings. The van der Waals surface area contributed by atoms with E-state index in [1.807, 2.05) is 13.1 Å². The summed E-state index contributed by atoms with van der Waals surface area (Å²) in [6.07, 6.45) is 4.00. The minimum absolute atomic E-state index is 0.724. The van der Waals surface area contributed by atoms with Crippen LogP contribution in [0, 0.1) is 0 Å². The van der Waals surface area contributed by atoms with Crippen molar-refractivity contribution in [2.24, 2.45) is 0 Å². The van der Waals surface area contributed by atoms with Gasteiger partial charge in [0.1, 0.15) is 6.61 Å². The Morgan fingerprint density at radius 1 is 1.67 bits per heavy atom. The largest absolute Gasteiger partial charge is 0.397 e. The summed E-state index contributed by atoms with van der Waals surface area (Å²) in [5.41, 5.74) is 0. The Balaban J connectivity index is 2.31. The van der Waals surface area contributed by atoms with Crippen molar-refractivity contribution in [3.8, 4) is 0 Å². The highest BCUT2D eigenvalue weighted by molar-refractivity contribution is 5.30. The van der Waals surface area contributed by atoms with E-state index in [4.69, 9.17) is 4.84 Å². The molecule has 0 radical (unpaired) electrons. The van der Waals surface area contributed by atoms with Gasteiger partial charge in [-0.25, -0.2) is 0 Å². The molecule has 0 unspecified atom stereocenters. The number of rotatable bonds is 5. The van der Waals surface area contributed by atoms with E-state index in [0.717, 1.165) is 25.3 Å². The maximum Gasteiger partial charge on any atom is 0.151 e. The molecular formula is C8H15N3O. The van der Waals surface area contributed by atoms with Gasteiger partial charge in [-0.2, -0.15) is 0 Å². The fraction of sp³-hybridized carbons (Fsp3) is 0.625. The van der Waals surface area contributed by atoms with Crippen LogP contribution in [-0.4, -0.2) is 23.6 Å². The van der Waals surface area contributed by atoms with Gasteiger partial charge in [0.15, 0.2) is 5.82 Å². The summed E-state index contributed by atoms with van der Waals surface area (Å²) in [6, 6.07) is 1.87. The van der Waals surface area contributed by atoms with E-state index in [-0.39, 0.29) is 0 Å². The molecule has 1 N–H and O–H groups in total. The highest BCUT2D eigenvalue weighted by Crippen LogP contribution is 1.98. The Labute approximate surface area is 72.5 Å². The summed E-state index contributed by atoms with van der Waals surface area (Å²) >= 11 is 0. The molecular weight excluding hydrogens is 154 g/mol. The Bertz CT molecular complexity index is 222. The molecule has 1 aromatic heterocycles. The quantitative estimate of drug-likeness (QED) is 0.672. The molecule has 0 aliphatic heterocycles. The SMILES string of the molecule is CCCCOn1ccc(NC)n1. The van der Waals surface area contributed by atoms with Crippen molar-refractivity contribution in [1.82, 2.24) is 9.94 Å². The second-order valence-electron chi connectivity index (χ2n) is 2.54. The Morgan fingerprint density at radius 3 is 3.08 bits per heavy atom. The lowest BCUT2D eigenvalue weighted by atomic mass is 10.4. The summed E-state index contributed by atoms with van der Waals surface area (Å²) < 4.78 is 0. The maximum atomic E-state index is 5.29. The summed E-state index contributed by atoms with van der Waals surface area (Å²) in [6.45, 7) is 2.85. The number of unbranched alkanes of at least 4 members (excludes halogenated alkanes) is 1. The number of nitrogens with zero attached hydrogens (tertiary/aromatic N) is 2. The van der Waals surface area contributed by atoms with Crippen molar-refractivity contribution in [2.45, 2.75) is 19.8 Å². The lowest BCUT2D eigenvalue weighted by Crippen LogP contribution is -2.13. The molecule has 0 fully saturated rings. The summed E-state index contributed by atoms with van der Waals surface area (Å²) in [5, 5.41) is 7.01. The van der Waals surface area contributed by atoms with Crippen molar-refractivity contribution in [2.75, 3.05) is 19.0 Å². The van der Waals surface area contributed by atoms with E-state index in [1.54, 1.807) is 6.20 Å². The molecule has 0 aliphatic rings. The molecule has 4 heteroatoms. The van der Waals surface area contributed by atoms with E-state index in [9.17, 15) is 0 Å². The lowest BCUT2D eigenvalue weighted by Gasteiger charge is -2.02. The molecule has 4 nitrogen and oxygen atoms in total. The van der Waals surface area contributed by atoms with Crippen LogP contribution in [0.25, 0.3) is 0 Å². The second kappa shape index (κ2) is 4.64.